The fraction of sp³-hybridized carbons (Fsp3) is 0.941. The van der Waals surface area contributed by atoms with Gasteiger partial charge in [-0.25, -0.2) is 0 Å². The van der Waals surface area contributed by atoms with Gasteiger partial charge in [-0.3, -0.25) is 4.79 Å². The van der Waals surface area contributed by atoms with Crippen LogP contribution in [0.5, 0.6) is 0 Å². The van der Waals surface area contributed by atoms with Gasteiger partial charge in [-0.05, 0) is 63.2 Å². The lowest BCUT2D eigenvalue weighted by Gasteiger charge is -2.29. The van der Waals surface area contributed by atoms with Gasteiger partial charge in [0.1, 0.15) is 5.78 Å². The van der Waals surface area contributed by atoms with Crippen LogP contribution in [-0.4, -0.2) is 5.78 Å². The van der Waals surface area contributed by atoms with Crippen LogP contribution in [0, 0.1) is 16.2 Å². The number of hydrogen-bond donors (Lipinski definition) is 0. The van der Waals surface area contributed by atoms with E-state index >= 15 is 0 Å². The van der Waals surface area contributed by atoms with E-state index in [1.54, 1.807) is 0 Å². The fourth-order valence-electron chi connectivity index (χ4n) is 6.15. The second-order valence-electron chi connectivity index (χ2n) is 7.98. The molecule has 0 saturated heterocycles. The highest BCUT2D eigenvalue weighted by molar-refractivity contribution is 5.93. The third-order valence-electron chi connectivity index (χ3n) is 7.12. The van der Waals surface area contributed by atoms with E-state index in [9.17, 15) is 4.79 Å². The summed E-state index contributed by atoms with van der Waals surface area (Å²) >= 11 is 0. The molecule has 1 atom stereocenters. The van der Waals surface area contributed by atoms with Gasteiger partial charge in [-0.2, -0.15) is 0 Å². The predicted molar refractivity (Wildman–Crippen MR) is 72.3 cm³/mol. The Bertz CT molecular complexity index is 367. The second kappa shape index (κ2) is 3.61. The van der Waals surface area contributed by atoms with Crippen molar-refractivity contribution in [3.63, 3.8) is 0 Å². The first-order valence-corrected chi connectivity index (χ1v) is 8.24. The summed E-state index contributed by atoms with van der Waals surface area (Å²) in [5.41, 5.74) is 0.943. The molecule has 18 heavy (non-hydrogen) atoms. The van der Waals surface area contributed by atoms with E-state index in [2.05, 4.69) is 0 Å². The molecule has 1 unspecified atom stereocenters. The molecule has 0 aromatic carbocycles. The summed E-state index contributed by atoms with van der Waals surface area (Å²) in [5.74, 6) is 0.733. The van der Waals surface area contributed by atoms with E-state index in [1.807, 2.05) is 0 Å². The zero-order valence-corrected chi connectivity index (χ0v) is 11.6. The lowest BCUT2D eigenvalue weighted by atomic mass is 9.73. The molecule has 0 bridgehead atoms. The Hall–Kier alpha value is -0.330. The molecular weight excluding hydrogens is 220 g/mol. The minimum absolute atomic E-state index is 0.161. The zero-order valence-electron chi connectivity index (χ0n) is 11.6. The Labute approximate surface area is 111 Å². The Morgan fingerprint density at radius 1 is 0.611 bits per heavy atom. The molecule has 0 aromatic heterocycles. The van der Waals surface area contributed by atoms with Crippen molar-refractivity contribution in [2.75, 3.05) is 0 Å². The highest BCUT2D eigenvalue weighted by atomic mass is 16.1. The number of ketones is 1. The van der Waals surface area contributed by atoms with Gasteiger partial charge >= 0.3 is 0 Å². The topological polar surface area (TPSA) is 17.1 Å². The quantitative estimate of drug-likeness (QED) is 0.608. The van der Waals surface area contributed by atoms with Crippen molar-refractivity contribution in [1.29, 1.82) is 0 Å². The largest absolute Gasteiger partial charge is 0.298 e. The van der Waals surface area contributed by atoms with Crippen molar-refractivity contribution in [2.45, 2.75) is 83.5 Å². The lowest BCUT2D eigenvalue weighted by Crippen LogP contribution is -2.33. The lowest BCUT2D eigenvalue weighted by molar-refractivity contribution is -0.133. The Morgan fingerprint density at radius 2 is 1.17 bits per heavy atom. The van der Waals surface area contributed by atoms with Crippen LogP contribution in [0.15, 0.2) is 0 Å². The van der Waals surface area contributed by atoms with E-state index in [4.69, 9.17) is 0 Å². The van der Waals surface area contributed by atoms with Crippen molar-refractivity contribution in [3.05, 3.63) is 0 Å². The number of hydrogen-bond acceptors (Lipinski definition) is 1. The molecule has 100 valence electrons. The van der Waals surface area contributed by atoms with Crippen LogP contribution in [0.2, 0.25) is 0 Å². The first-order valence-electron chi connectivity index (χ1n) is 8.24. The highest BCUT2D eigenvalue weighted by Crippen LogP contribution is 2.66. The van der Waals surface area contributed by atoms with Gasteiger partial charge in [0.05, 0.1) is 0 Å². The van der Waals surface area contributed by atoms with Gasteiger partial charge in [-0.15, -0.1) is 0 Å². The van der Waals surface area contributed by atoms with Gasteiger partial charge in [0, 0.05) is 10.8 Å². The van der Waals surface area contributed by atoms with Crippen LogP contribution in [0.1, 0.15) is 83.5 Å². The van der Waals surface area contributed by atoms with Gasteiger partial charge in [0.15, 0.2) is 0 Å². The van der Waals surface area contributed by atoms with Crippen LogP contribution in [0.25, 0.3) is 0 Å². The summed E-state index contributed by atoms with van der Waals surface area (Å²) in [6, 6.07) is 0. The maximum atomic E-state index is 13.1. The summed E-state index contributed by atoms with van der Waals surface area (Å²) in [7, 11) is 0. The van der Waals surface area contributed by atoms with Crippen LogP contribution < -0.4 is 0 Å². The Kier molecular flexibility index (Phi) is 2.31. The molecule has 4 rings (SSSR count). The summed E-state index contributed by atoms with van der Waals surface area (Å²) < 4.78 is 0. The third kappa shape index (κ3) is 1.37. The summed E-state index contributed by atoms with van der Waals surface area (Å²) in [6.45, 7) is 0. The molecule has 0 radical (unpaired) electrons. The van der Waals surface area contributed by atoms with Crippen molar-refractivity contribution in [1.82, 2.24) is 0 Å². The second-order valence-corrected chi connectivity index (χ2v) is 7.98. The predicted octanol–water partition coefficient (Wildman–Crippen LogP) is 4.64. The average molecular weight is 246 g/mol. The normalized spacial score (nSPS) is 40.8. The van der Waals surface area contributed by atoms with E-state index in [0.29, 0.717) is 5.41 Å². The summed E-state index contributed by atoms with van der Waals surface area (Å²) in [5, 5.41) is 0. The van der Waals surface area contributed by atoms with E-state index in [1.165, 1.54) is 83.5 Å². The zero-order chi connectivity index (χ0) is 12.3. The maximum absolute atomic E-state index is 13.1. The maximum Gasteiger partial charge on any atom is 0.145 e. The molecule has 0 aromatic rings. The number of rotatable bonds is 0. The van der Waals surface area contributed by atoms with Gasteiger partial charge < -0.3 is 0 Å². The van der Waals surface area contributed by atoms with Crippen LogP contribution in [0.3, 0.4) is 0 Å². The van der Waals surface area contributed by atoms with E-state index < -0.39 is 0 Å². The van der Waals surface area contributed by atoms with E-state index in [-0.39, 0.29) is 10.8 Å². The first-order chi connectivity index (χ1) is 8.69. The molecule has 0 heterocycles. The molecule has 0 amide bonds. The number of Topliss-reactive ketones (excluding diaryl/α,β-unsaturated/α-hetero) is 1. The van der Waals surface area contributed by atoms with Crippen molar-refractivity contribution >= 4 is 5.78 Å². The molecule has 4 saturated carbocycles. The standard InChI is InChI=1S/C17H26O/c18-14-16(7-3-4-8-16)11-12-17(14)10-9-15(13-17)5-1-2-6-15/h1-13H2. The van der Waals surface area contributed by atoms with Crippen molar-refractivity contribution < 1.29 is 4.79 Å². The summed E-state index contributed by atoms with van der Waals surface area (Å²) in [6.07, 6.45) is 17.1. The minimum atomic E-state index is 0.161. The molecule has 4 aliphatic carbocycles. The summed E-state index contributed by atoms with van der Waals surface area (Å²) in [4.78, 5) is 13.1. The van der Waals surface area contributed by atoms with Crippen molar-refractivity contribution in [2.24, 2.45) is 16.2 Å². The number of carbonyl (C=O) groups excluding carboxylic acids is 1. The molecule has 4 fully saturated rings. The van der Waals surface area contributed by atoms with Crippen molar-refractivity contribution in [3.8, 4) is 0 Å². The monoisotopic (exact) mass is 246 g/mol. The van der Waals surface area contributed by atoms with Crippen LogP contribution in [0.4, 0.5) is 0 Å². The third-order valence-corrected chi connectivity index (χ3v) is 7.12. The van der Waals surface area contributed by atoms with Crippen LogP contribution in [-0.2, 0) is 4.79 Å². The molecule has 1 nitrogen and oxygen atoms in total. The number of carbonyl (C=O) groups is 1. The molecule has 4 aliphatic rings. The van der Waals surface area contributed by atoms with Gasteiger partial charge in [0.2, 0.25) is 0 Å². The fourth-order valence-corrected chi connectivity index (χ4v) is 6.15. The Morgan fingerprint density at radius 3 is 1.89 bits per heavy atom. The molecule has 0 N–H and O–H groups in total. The van der Waals surface area contributed by atoms with E-state index in [0.717, 1.165) is 5.78 Å². The smallest absolute Gasteiger partial charge is 0.145 e. The molecular formula is C17H26O. The van der Waals surface area contributed by atoms with Gasteiger partial charge in [0.25, 0.3) is 0 Å². The SMILES string of the molecule is O=C1C2(CCCC2)CCC12CCC1(CCCC1)C2. The average Bonchev–Trinajstić information content (AvgIpc) is 3.12. The first kappa shape index (κ1) is 11.5. The molecule has 0 aliphatic heterocycles. The molecule has 1 heteroatoms. The highest BCUT2D eigenvalue weighted by Gasteiger charge is 2.61. The molecule has 3 spiro atoms. The Balaban J connectivity index is 1.61. The minimum Gasteiger partial charge on any atom is -0.298 e. The van der Waals surface area contributed by atoms with Crippen LogP contribution >= 0.6 is 0 Å². The van der Waals surface area contributed by atoms with Gasteiger partial charge in [-0.1, -0.05) is 25.7 Å².